The Morgan fingerprint density at radius 1 is 1.31 bits per heavy atom. The van der Waals surface area contributed by atoms with E-state index in [1.807, 2.05) is 13.8 Å². The summed E-state index contributed by atoms with van der Waals surface area (Å²) < 4.78 is 9.77. The predicted octanol–water partition coefficient (Wildman–Crippen LogP) is 3.13. The second kappa shape index (κ2) is 7.90. The Kier molecular flexibility index (Phi) is 7.45. The fraction of sp³-hybridized carbons (Fsp3) is 0.900. The van der Waals surface area contributed by atoms with Gasteiger partial charge >= 0.3 is 6.16 Å². The maximum Gasteiger partial charge on any atom is 0.508 e. The molecular weight excluding hydrogens is 168 g/mol. The van der Waals surface area contributed by atoms with Gasteiger partial charge in [-0.2, -0.15) is 0 Å². The van der Waals surface area contributed by atoms with Crippen molar-refractivity contribution in [3.05, 3.63) is 0 Å². The smallest absolute Gasteiger partial charge is 0.434 e. The van der Waals surface area contributed by atoms with Crippen molar-refractivity contribution in [2.75, 3.05) is 6.61 Å². The summed E-state index contributed by atoms with van der Waals surface area (Å²) in [5, 5.41) is 0. The second-order valence-electron chi connectivity index (χ2n) is 3.14. The molecule has 3 nitrogen and oxygen atoms in total. The molecule has 0 rings (SSSR count). The van der Waals surface area contributed by atoms with Gasteiger partial charge in [0.15, 0.2) is 0 Å². The summed E-state index contributed by atoms with van der Waals surface area (Å²) in [6.45, 7) is 6.41. The standard InChI is InChI=1S/C10H20O3/c1-4-6-7-8-12-10(11)13-9(3)5-2/h9H,4-8H2,1-3H3/t9-/m0/s1. The maximum absolute atomic E-state index is 10.9. The van der Waals surface area contributed by atoms with Crippen LogP contribution in [0.3, 0.4) is 0 Å². The minimum Gasteiger partial charge on any atom is -0.434 e. The van der Waals surface area contributed by atoms with Crippen LogP contribution in [0.4, 0.5) is 4.79 Å². The van der Waals surface area contributed by atoms with Gasteiger partial charge in [-0.05, 0) is 19.8 Å². The fourth-order valence-electron chi connectivity index (χ4n) is 0.789. The topological polar surface area (TPSA) is 35.5 Å². The van der Waals surface area contributed by atoms with E-state index in [4.69, 9.17) is 9.47 Å². The lowest BCUT2D eigenvalue weighted by atomic mass is 10.3. The molecule has 0 radical (unpaired) electrons. The van der Waals surface area contributed by atoms with Crippen LogP contribution in [0.15, 0.2) is 0 Å². The van der Waals surface area contributed by atoms with E-state index in [0.29, 0.717) is 6.61 Å². The van der Waals surface area contributed by atoms with E-state index in [1.165, 1.54) is 0 Å². The van der Waals surface area contributed by atoms with Crippen LogP contribution in [-0.4, -0.2) is 18.9 Å². The number of carbonyl (C=O) groups is 1. The average molecular weight is 188 g/mol. The highest BCUT2D eigenvalue weighted by molar-refractivity contribution is 5.59. The zero-order valence-corrected chi connectivity index (χ0v) is 8.84. The minimum atomic E-state index is -0.537. The Bertz CT molecular complexity index is 134. The first-order valence-corrected chi connectivity index (χ1v) is 5.04. The molecule has 0 spiro atoms. The summed E-state index contributed by atoms with van der Waals surface area (Å²) in [6, 6.07) is 0. The molecule has 0 aliphatic rings. The van der Waals surface area contributed by atoms with Gasteiger partial charge in [0.25, 0.3) is 0 Å². The molecule has 3 heteroatoms. The molecule has 0 fully saturated rings. The van der Waals surface area contributed by atoms with Gasteiger partial charge in [-0.3, -0.25) is 0 Å². The van der Waals surface area contributed by atoms with Gasteiger partial charge in [0, 0.05) is 0 Å². The monoisotopic (exact) mass is 188 g/mol. The molecule has 1 atom stereocenters. The minimum absolute atomic E-state index is 0.0429. The molecule has 0 saturated heterocycles. The third-order valence-corrected chi connectivity index (χ3v) is 1.84. The van der Waals surface area contributed by atoms with Crippen LogP contribution in [0.5, 0.6) is 0 Å². The lowest BCUT2D eigenvalue weighted by Gasteiger charge is -2.10. The summed E-state index contributed by atoms with van der Waals surface area (Å²) in [4.78, 5) is 10.9. The fourth-order valence-corrected chi connectivity index (χ4v) is 0.789. The van der Waals surface area contributed by atoms with Crippen LogP contribution in [0.1, 0.15) is 46.5 Å². The average Bonchev–Trinajstić information content (AvgIpc) is 2.12. The number of ether oxygens (including phenoxy) is 2. The highest BCUT2D eigenvalue weighted by Gasteiger charge is 2.07. The summed E-state index contributed by atoms with van der Waals surface area (Å²) in [6.07, 6.45) is 3.39. The molecule has 0 aromatic carbocycles. The Labute approximate surface area is 80.4 Å². The predicted molar refractivity (Wildman–Crippen MR) is 51.7 cm³/mol. The van der Waals surface area contributed by atoms with E-state index < -0.39 is 6.16 Å². The second-order valence-corrected chi connectivity index (χ2v) is 3.14. The van der Waals surface area contributed by atoms with Gasteiger partial charge in [-0.25, -0.2) is 4.79 Å². The summed E-state index contributed by atoms with van der Waals surface area (Å²) in [5.74, 6) is 0. The van der Waals surface area contributed by atoms with Gasteiger partial charge < -0.3 is 9.47 Å². The first kappa shape index (κ1) is 12.3. The Balaban J connectivity index is 3.30. The third-order valence-electron chi connectivity index (χ3n) is 1.84. The summed E-state index contributed by atoms with van der Waals surface area (Å²) >= 11 is 0. The molecule has 0 aromatic rings. The number of hydrogen-bond acceptors (Lipinski definition) is 3. The number of rotatable bonds is 6. The first-order valence-electron chi connectivity index (χ1n) is 5.04. The van der Waals surface area contributed by atoms with E-state index >= 15 is 0 Å². The van der Waals surface area contributed by atoms with E-state index in [9.17, 15) is 4.79 Å². The van der Waals surface area contributed by atoms with Gasteiger partial charge in [0.2, 0.25) is 0 Å². The van der Waals surface area contributed by atoms with Crippen molar-refractivity contribution in [3.63, 3.8) is 0 Å². The zero-order chi connectivity index (χ0) is 10.1. The number of hydrogen-bond donors (Lipinski definition) is 0. The molecule has 0 aliphatic heterocycles. The lowest BCUT2D eigenvalue weighted by Crippen LogP contribution is -2.15. The van der Waals surface area contributed by atoms with Crippen LogP contribution < -0.4 is 0 Å². The van der Waals surface area contributed by atoms with Gasteiger partial charge in [-0.1, -0.05) is 26.7 Å². The van der Waals surface area contributed by atoms with Gasteiger partial charge in [0.1, 0.15) is 6.10 Å². The molecule has 0 unspecified atom stereocenters. The van der Waals surface area contributed by atoms with Gasteiger partial charge in [0.05, 0.1) is 6.61 Å². The molecule has 0 aromatic heterocycles. The molecule has 0 heterocycles. The van der Waals surface area contributed by atoms with Crippen LogP contribution in [0, 0.1) is 0 Å². The molecule has 0 saturated carbocycles. The molecule has 13 heavy (non-hydrogen) atoms. The maximum atomic E-state index is 10.9. The highest BCUT2D eigenvalue weighted by Crippen LogP contribution is 2.00. The molecule has 0 N–H and O–H groups in total. The lowest BCUT2D eigenvalue weighted by molar-refractivity contribution is 0.0273. The number of carbonyl (C=O) groups excluding carboxylic acids is 1. The van der Waals surface area contributed by atoms with Crippen molar-refractivity contribution in [1.82, 2.24) is 0 Å². The van der Waals surface area contributed by atoms with Crippen LogP contribution in [0.2, 0.25) is 0 Å². The van der Waals surface area contributed by atoms with E-state index in [1.54, 1.807) is 0 Å². The van der Waals surface area contributed by atoms with Crippen molar-refractivity contribution >= 4 is 6.16 Å². The van der Waals surface area contributed by atoms with Crippen LogP contribution in [-0.2, 0) is 9.47 Å². The van der Waals surface area contributed by atoms with Crippen molar-refractivity contribution in [2.45, 2.75) is 52.6 Å². The Morgan fingerprint density at radius 3 is 2.54 bits per heavy atom. The van der Waals surface area contributed by atoms with Crippen molar-refractivity contribution < 1.29 is 14.3 Å². The quantitative estimate of drug-likeness (QED) is 0.474. The van der Waals surface area contributed by atoms with Crippen molar-refractivity contribution in [3.8, 4) is 0 Å². The van der Waals surface area contributed by atoms with Crippen LogP contribution >= 0.6 is 0 Å². The van der Waals surface area contributed by atoms with Crippen molar-refractivity contribution in [1.29, 1.82) is 0 Å². The highest BCUT2D eigenvalue weighted by atomic mass is 16.7. The first-order chi connectivity index (χ1) is 6.20. The van der Waals surface area contributed by atoms with E-state index in [0.717, 1.165) is 25.7 Å². The van der Waals surface area contributed by atoms with Gasteiger partial charge in [-0.15, -0.1) is 0 Å². The number of unbranched alkanes of at least 4 members (excludes halogenated alkanes) is 2. The molecular formula is C10H20O3. The van der Waals surface area contributed by atoms with Crippen LogP contribution in [0.25, 0.3) is 0 Å². The summed E-state index contributed by atoms with van der Waals surface area (Å²) in [5.41, 5.74) is 0. The van der Waals surface area contributed by atoms with E-state index in [2.05, 4.69) is 6.92 Å². The molecule has 78 valence electrons. The third kappa shape index (κ3) is 7.62. The molecule has 0 aliphatic carbocycles. The van der Waals surface area contributed by atoms with E-state index in [-0.39, 0.29) is 6.10 Å². The zero-order valence-electron chi connectivity index (χ0n) is 8.84. The SMILES string of the molecule is CCCCCOC(=O)O[C@@H](C)CC. The summed E-state index contributed by atoms with van der Waals surface area (Å²) in [7, 11) is 0. The Morgan fingerprint density at radius 2 is 2.00 bits per heavy atom. The normalized spacial score (nSPS) is 12.2. The van der Waals surface area contributed by atoms with Crippen molar-refractivity contribution in [2.24, 2.45) is 0 Å². The molecule has 0 bridgehead atoms. The molecule has 0 amide bonds. The largest absolute Gasteiger partial charge is 0.508 e. The Hall–Kier alpha value is -0.730.